The van der Waals surface area contributed by atoms with Crippen LogP contribution in [0.3, 0.4) is 0 Å². The SMILES string of the molecule is CC(=O)O[C@H](C)C([Se]c1ccccc1)[Se]c1ccccc1. The average Bonchev–Trinajstić information content (AvgIpc) is 2.48. The fourth-order valence-electron chi connectivity index (χ4n) is 1.80. The van der Waals surface area contributed by atoms with Gasteiger partial charge in [-0.3, -0.25) is 0 Å². The van der Waals surface area contributed by atoms with Gasteiger partial charge in [0.05, 0.1) is 0 Å². The molecule has 2 aromatic rings. The van der Waals surface area contributed by atoms with Gasteiger partial charge in [0.1, 0.15) is 0 Å². The Bertz CT molecular complexity index is 516. The molecule has 110 valence electrons. The molecule has 0 aromatic heterocycles. The van der Waals surface area contributed by atoms with Crippen LogP contribution in [0.1, 0.15) is 13.8 Å². The average molecular weight is 412 g/mol. The zero-order chi connectivity index (χ0) is 15.1. The van der Waals surface area contributed by atoms with Crippen LogP contribution in [0, 0.1) is 0 Å². The van der Waals surface area contributed by atoms with Crippen molar-refractivity contribution >= 4 is 44.8 Å². The summed E-state index contributed by atoms with van der Waals surface area (Å²) in [6.45, 7) is 3.50. The summed E-state index contributed by atoms with van der Waals surface area (Å²) in [5.41, 5.74) is 0. The Balaban J connectivity index is 2.11. The molecule has 0 N–H and O–H groups in total. The zero-order valence-corrected chi connectivity index (χ0v) is 15.5. The Hall–Kier alpha value is -1.05. The van der Waals surface area contributed by atoms with Crippen molar-refractivity contribution in [2.24, 2.45) is 0 Å². The second-order valence-electron chi connectivity index (χ2n) is 4.54. The van der Waals surface area contributed by atoms with Crippen LogP contribution in [-0.4, -0.2) is 42.0 Å². The van der Waals surface area contributed by atoms with Gasteiger partial charge < -0.3 is 0 Å². The minimum atomic E-state index is -0.194. The van der Waals surface area contributed by atoms with Crippen LogP contribution in [0.4, 0.5) is 0 Å². The van der Waals surface area contributed by atoms with E-state index in [1.807, 2.05) is 19.1 Å². The quantitative estimate of drug-likeness (QED) is 0.534. The van der Waals surface area contributed by atoms with Crippen molar-refractivity contribution in [3.8, 4) is 0 Å². The van der Waals surface area contributed by atoms with Crippen LogP contribution in [0.5, 0.6) is 0 Å². The van der Waals surface area contributed by atoms with Gasteiger partial charge in [0, 0.05) is 0 Å². The molecular weight excluding hydrogens is 394 g/mol. The molecule has 0 bridgehead atoms. The number of benzene rings is 2. The molecule has 0 radical (unpaired) electrons. The molecular formula is C17H18O2Se2. The number of esters is 1. The molecule has 0 saturated heterocycles. The summed E-state index contributed by atoms with van der Waals surface area (Å²) < 4.78 is 8.56. The number of carbonyl (C=O) groups is 1. The van der Waals surface area contributed by atoms with Crippen LogP contribution in [0.2, 0.25) is 3.71 Å². The standard InChI is InChI=1S/C17H18O2Se2/c1-13(19-14(2)18)17(20-15-9-5-3-6-10-15)21-16-11-7-4-8-12-16/h3-13,17H,1-2H3/t13-/m1/s1. The molecule has 0 aliphatic carbocycles. The first-order valence-corrected chi connectivity index (χ1v) is 10.4. The van der Waals surface area contributed by atoms with E-state index in [1.54, 1.807) is 0 Å². The van der Waals surface area contributed by atoms with Crippen molar-refractivity contribution in [2.45, 2.75) is 23.7 Å². The van der Waals surface area contributed by atoms with Crippen molar-refractivity contribution in [1.82, 2.24) is 0 Å². The van der Waals surface area contributed by atoms with Crippen molar-refractivity contribution in [3.63, 3.8) is 0 Å². The molecule has 1 atom stereocenters. The Morgan fingerprint density at radius 2 is 1.33 bits per heavy atom. The topological polar surface area (TPSA) is 26.3 Å². The van der Waals surface area contributed by atoms with Gasteiger partial charge in [0.2, 0.25) is 0 Å². The molecule has 0 aliphatic rings. The molecule has 0 amide bonds. The third-order valence-electron chi connectivity index (χ3n) is 2.73. The number of carbonyl (C=O) groups excluding carboxylic acids is 1. The molecule has 21 heavy (non-hydrogen) atoms. The van der Waals surface area contributed by atoms with Crippen LogP contribution in [0.25, 0.3) is 0 Å². The third kappa shape index (κ3) is 5.68. The summed E-state index contributed by atoms with van der Waals surface area (Å²) in [6.07, 6.45) is -0.0390. The first kappa shape index (κ1) is 16.3. The second-order valence-corrected chi connectivity index (χ2v) is 11.2. The molecule has 2 aromatic carbocycles. The van der Waals surface area contributed by atoms with Gasteiger partial charge in [0.15, 0.2) is 0 Å². The third-order valence-corrected chi connectivity index (χ3v) is 9.69. The van der Waals surface area contributed by atoms with Crippen molar-refractivity contribution in [3.05, 3.63) is 60.7 Å². The molecule has 0 fully saturated rings. The van der Waals surface area contributed by atoms with Gasteiger partial charge >= 0.3 is 139 Å². The molecule has 2 rings (SSSR count). The number of hydrogen-bond donors (Lipinski definition) is 0. The Kier molecular flexibility index (Phi) is 6.53. The van der Waals surface area contributed by atoms with E-state index < -0.39 is 0 Å². The molecule has 0 unspecified atom stereocenters. The van der Waals surface area contributed by atoms with E-state index in [0.29, 0.717) is 33.6 Å². The molecule has 0 heterocycles. The van der Waals surface area contributed by atoms with Crippen LogP contribution in [-0.2, 0) is 9.53 Å². The maximum atomic E-state index is 11.3. The Labute approximate surface area is 138 Å². The summed E-state index contributed by atoms with van der Waals surface area (Å²) in [6, 6.07) is 21.0. The fraction of sp³-hybridized carbons (Fsp3) is 0.235. The number of rotatable bonds is 6. The molecule has 0 saturated carbocycles. The maximum absolute atomic E-state index is 11.3. The summed E-state index contributed by atoms with van der Waals surface area (Å²) in [5.74, 6) is -0.194. The monoisotopic (exact) mass is 414 g/mol. The van der Waals surface area contributed by atoms with E-state index >= 15 is 0 Å². The van der Waals surface area contributed by atoms with E-state index in [9.17, 15) is 4.79 Å². The normalized spacial score (nSPS) is 12.1. The fourth-order valence-corrected chi connectivity index (χ4v) is 8.33. The number of hydrogen-bond acceptors (Lipinski definition) is 2. The van der Waals surface area contributed by atoms with Crippen molar-refractivity contribution < 1.29 is 9.53 Å². The summed E-state index contributed by atoms with van der Waals surface area (Å²) >= 11 is 0.595. The first-order chi connectivity index (χ1) is 10.1. The van der Waals surface area contributed by atoms with Gasteiger partial charge in [-0.1, -0.05) is 0 Å². The van der Waals surface area contributed by atoms with E-state index in [-0.39, 0.29) is 12.1 Å². The predicted octanol–water partition coefficient (Wildman–Crippen LogP) is 1.74. The Morgan fingerprint density at radius 3 is 1.71 bits per heavy atom. The van der Waals surface area contributed by atoms with Crippen molar-refractivity contribution in [2.75, 3.05) is 0 Å². The molecule has 2 nitrogen and oxygen atoms in total. The molecule has 0 spiro atoms. The van der Waals surface area contributed by atoms with E-state index in [2.05, 4.69) is 48.5 Å². The van der Waals surface area contributed by atoms with Gasteiger partial charge in [-0.15, -0.1) is 0 Å². The number of ether oxygens (including phenoxy) is 1. The zero-order valence-electron chi connectivity index (χ0n) is 12.1. The van der Waals surface area contributed by atoms with Gasteiger partial charge in [-0.25, -0.2) is 0 Å². The predicted molar refractivity (Wildman–Crippen MR) is 88.6 cm³/mol. The first-order valence-electron chi connectivity index (χ1n) is 6.76. The summed E-state index contributed by atoms with van der Waals surface area (Å²) in [4.78, 5) is 11.3. The van der Waals surface area contributed by atoms with Gasteiger partial charge in [-0.2, -0.15) is 0 Å². The Morgan fingerprint density at radius 1 is 0.905 bits per heavy atom. The van der Waals surface area contributed by atoms with Crippen LogP contribution < -0.4 is 8.92 Å². The van der Waals surface area contributed by atoms with Gasteiger partial charge in [-0.05, 0) is 0 Å². The second kappa shape index (κ2) is 8.41. The van der Waals surface area contributed by atoms with E-state index in [4.69, 9.17) is 4.74 Å². The summed E-state index contributed by atoms with van der Waals surface area (Å²) in [7, 11) is 0. The van der Waals surface area contributed by atoms with E-state index in [0.717, 1.165) is 0 Å². The van der Waals surface area contributed by atoms with Gasteiger partial charge in [0.25, 0.3) is 0 Å². The molecule has 4 heteroatoms. The van der Waals surface area contributed by atoms with Crippen LogP contribution >= 0.6 is 0 Å². The molecule has 0 aliphatic heterocycles. The summed E-state index contributed by atoms with van der Waals surface area (Å²) in [5, 5.41) is 0. The van der Waals surface area contributed by atoms with Crippen molar-refractivity contribution in [1.29, 1.82) is 0 Å². The van der Waals surface area contributed by atoms with E-state index in [1.165, 1.54) is 15.8 Å². The minimum absolute atomic E-state index is 0.0390. The van der Waals surface area contributed by atoms with Crippen LogP contribution in [0.15, 0.2) is 60.7 Å².